The molecule has 1 heterocycles. The number of hydrogen-bond acceptors (Lipinski definition) is 5. The molecule has 1 unspecified atom stereocenters. The van der Waals surface area contributed by atoms with Crippen LogP contribution >= 0.6 is 0 Å². The first-order valence-corrected chi connectivity index (χ1v) is 8.49. The number of aromatic nitrogens is 1. The topological polar surface area (TPSA) is 82.9 Å². The van der Waals surface area contributed by atoms with Crippen LogP contribution in [0.25, 0.3) is 0 Å². The first kappa shape index (κ1) is 16.0. The molecule has 2 rings (SSSR count). The summed E-state index contributed by atoms with van der Waals surface area (Å²) in [5, 5.41) is 11.8. The molecule has 0 saturated carbocycles. The van der Waals surface area contributed by atoms with Crippen LogP contribution in [-0.2, 0) is 9.84 Å². The van der Waals surface area contributed by atoms with E-state index in [1.807, 2.05) is 13.0 Å². The van der Waals surface area contributed by atoms with Crippen molar-refractivity contribution in [2.45, 2.75) is 24.8 Å². The molecule has 1 aromatic carbocycles. The van der Waals surface area contributed by atoms with Crippen molar-refractivity contribution in [1.82, 2.24) is 4.98 Å². The highest BCUT2D eigenvalue weighted by atomic mass is 32.2. The van der Waals surface area contributed by atoms with Crippen molar-refractivity contribution in [2.24, 2.45) is 0 Å². The van der Waals surface area contributed by atoms with Gasteiger partial charge < -0.3 is 5.32 Å². The summed E-state index contributed by atoms with van der Waals surface area (Å²) >= 11 is 0. The number of anilines is 1. The van der Waals surface area contributed by atoms with Gasteiger partial charge >= 0.3 is 0 Å². The fourth-order valence-electron chi connectivity index (χ4n) is 2.04. The molecule has 0 amide bonds. The number of rotatable bonds is 5. The zero-order valence-electron chi connectivity index (χ0n) is 12.4. The van der Waals surface area contributed by atoms with Crippen LogP contribution in [0.2, 0.25) is 0 Å². The smallest absolute Gasteiger partial charge is 0.180 e. The minimum atomic E-state index is -3.37. The third kappa shape index (κ3) is 4.06. The van der Waals surface area contributed by atoms with Crippen LogP contribution in [-0.4, -0.2) is 25.2 Å². The SMILES string of the molecule is Cc1ccc(S(=O)(=O)CC(C)Nc2cccc(C#N)n2)cc1. The van der Waals surface area contributed by atoms with E-state index >= 15 is 0 Å². The Morgan fingerprint density at radius 3 is 2.55 bits per heavy atom. The van der Waals surface area contributed by atoms with E-state index in [0.29, 0.717) is 16.4 Å². The summed E-state index contributed by atoms with van der Waals surface area (Å²) in [6.07, 6.45) is 0. The Kier molecular flexibility index (Phi) is 4.78. The Labute approximate surface area is 130 Å². The Morgan fingerprint density at radius 2 is 1.91 bits per heavy atom. The molecule has 5 nitrogen and oxygen atoms in total. The molecule has 114 valence electrons. The van der Waals surface area contributed by atoms with Crippen LogP contribution in [0.15, 0.2) is 47.4 Å². The highest BCUT2D eigenvalue weighted by Gasteiger charge is 2.18. The van der Waals surface area contributed by atoms with Crippen LogP contribution in [0, 0.1) is 18.3 Å². The number of nitrogens with zero attached hydrogens (tertiary/aromatic N) is 2. The van der Waals surface area contributed by atoms with Gasteiger partial charge in [0.1, 0.15) is 17.6 Å². The lowest BCUT2D eigenvalue weighted by Gasteiger charge is -2.15. The average Bonchev–Trinajstić information content (AvgIpc) is 2.47. The molecule has 0 aliphatic heterocycles. The van der Waals surface area contributed by atoms with Gasteiger partial charge in [-0.3, -0.25) is 0 Å². The summed E-state index contributed by atoms with van der Waals surface area (Å²) in [5.74, 6) is 0.444. The van der Waals surface area contributed by atoms with Crippen LogP contribution in [0.3, 0.4) is 0 Å². The molecule has 6 heteroatoms. The molecule has 0 radical (unpaired) electrons. The van der Waals surface area contributed by atoms with Crippen molar-refractivity contribution in [1.29, 1.82) is 5.26 Å². The molecule has 0 aliphatic rings. The molecule has 0 saturated heterocycles. The molecule has 0 spiro atoms. The minimum absolute atomic E-state index is 0.0471. The predicted molar refractivity (Wildman–Crippen MR) is 85.3 cm³/mol. The third-order valence-electron chi connectivity index (χ3n) is 3.11. The number of sulfone groups is 1. The zero-order chi connectivity index (χ0) is 16.2. The molecule has 0 aliphatic carbocycles. The van der Waals surface area contributed by atoms with E-state index in [4.69, 9.17) is 5.26 Å². The Morgan fingerprint density at radius 1 is 1.23 bits per heavy atom. The van der Waals surface area contributed by atoms with Gasteiger partial charge in [-0.25, -0.2) is 13.4 Å². The van der Waals surface area contributed by atoms with Gasteiger partial charge in [-0.05, 0) is 38.1 Å². The van der Waals surface area contributed by atoms with E-state index in [0.717, 1.165) is 5.56 Å². The quantitative estimate of drug-likeness (QED) is 0.916. The number of aryl methyl sites for hydroxylation is 1. The summed E-state index contributed by atoms with van der Waals surface area (Å²) < 4.78 is 24.7. The van der Waals surface area contributed by atoms with Gasteiger partial charge in [0.2, 0.25) is 0 Å². The van der Waals surface area contributed by atoms with Gasteiger partial charge in [0.15, 0.2) is 9.84 Å². The monoisotopic (exact) mass is 315 g/mol. The Balaban J connectivity index is 2.09. The molecule has 2 aromatic rings. The summed E-state index contributed by atoms with van der Waals surface area (Å²) in [5.41, 5.74) is 1.31. The standard InChI is InChI=1S/C16H17N3O2S/c1-12-6-8-15(9-7-12)22(20,21)11-13(2)18-16-5-3-4-14(10-17)19-16/h3-9,13H,11H2,1-2H3,(H,18,19). The minimum Gasteiger partial charge on any atom is -0.367 e. The number of nitriles is 1. The highest BCUT2D eigenvalue weighted by Crippen LogP contribution is 2.15. The van der Waals surface area contributed by atoms with Crippen molar-refractivity contribution in [3.63, 3.8) is 0 Å². The van der Waals surface area contributed by atoms with Gasteiger partial charge in [0, 0.05) is 6.04 Å². The molecule has 1 atom stereocenters. The second-order valence-corrected chi connectivity index (χ2v) is 7.19. The Bertz CT molecular complexity index is 793. The largest absolute Gasteiger partial charge is 0.367 e. The van der Waals surface area contributed by atoms with Crippen LogP contribution in [0.4, 0.5) is 5.82 Å². The molecule has 1 aromatic heterocycles. The van der Waals surface area contributed by atoms with Crippen molar-refractivity contribution in [3.05, 3.63) is 53.7 Å². The molecule has 0 fully saturated rings. The zero-order valence-corrected chi connectivity index (χ0v) is 13.3. The van der Waals surface area contributed by atoms with Crippen molar-refractivity contribution in [3.8, 4) is 6.07 Å². The van der Waals surface area contributed by atoms with Gasteiger partial charge in [-0.2, -0.15) is 5.26 Å². The lowest BCUT2D eigenvalue weighted by molar-refractivity contribution is 0.592. The van der Waals surface area contributed by atoms with E-state index in [9.17, 15) is 8.42 Å². The van der Waals surface area contributed by atoms with E-state index < -0.39 is 9.84 Å². The summed E-state index contributed by atoms with van der Waals surface area (Å²) in [7, 11) is -3.37. The van der Waals surface area contributed by atoms with Gasteiger partial charge in [-0.15, -0.1) is 0 Å². The third-order valence-corrected chi connectivity index (χ3v) is 5.04. The Hall–Kier alpha value is -2.39. The summed E-state index contributed by atoms with van der Waals surface area (Å²) in [6, 6.07) is 13.4. The lowest BCUT2D eigenvalue weighted by atomic mass is 10.2. The van der Waals surface area contributed by atoms with Gasteiger partial charge in [0.25, 0.3) is 0 Å². The summed E-state index contributed by atoms with van der Waals surface area (Å²) in [4.78, 5) is 4.39. The molecule has 1 N–H and O–H groups in total. The van der Waals surface area contributed by atoms with Gasteiger partial charge in [0.05, 0.1) is 10.6 Å². The molecular formula is C16H17N3O2S. The first-order chi connectivity index (χ1) is 10.4. The maximum absolute atomic E-state index is 12.4. The van der Waals surface area contributed by atoms with Crippen LogP contribution < -0.4 is 5.32 Å². The van der Waals surface area contributed by atoms with E-state index in [-0.39, 0.29) is 11.8 Å². The van der Waals surface area contributed by atoms with E-state index in [1.54, 1.807) is 49.4 Å². The second kappa shape index (κ2) is 6.58. The predicted octanol–water partition coefficient (Wildman–Crippen LogP) is 2.54. The molecule has 22 heavy (non-hydrogen) atoms. The van der Waals surface area contributed by atoms with Crippen molar-refractivity contribution < 1.29 is 8.42 Å². The number of nitrogens with one attached hydrogen (secondary N) is 1. The number of hydrogen-bond donors (Lipinski definition) is 1. The van der Waals surface area contributed by atoms with E-state index in [1.165, 1.54) is 0 Å². The van der Waals surface area contributed by atoms with Crippen LogP contribution in [0.1, 0.15) is 18.2 Å². The van der Waals surface area contributed by atoms with Crippen LogP contribution in [0.5, 0.6) is 0 Å². The maximum atomic E-state index is 12.4. The number of benzene rings is 1. The van der Waals surface area contributed by atoms with Crippen molar-refractivity contribution >= 4 is 15.7 Å². The maximum Gasteiger partial charge on any atom is 0.180 e. The fourth-order valence-corrected chi connectivity index (χ4v) is 3.53. The fraction of sp³-hybridized carbons (Fsp3) is 0.250. The van der Waals surface area contributed by atoms with E-state index in [2.05, 4.69) is 10.3 Å². The van der Waals surface area contributed by atoms with Crippen molar-refractivity contribution in [2.75, 3.05) is 11.1 Å². The normalized spacial score (nSPS) is 12.4. The highest BCUT2D eigenvalue weighted by molar-refractivity contribution is 7.91. The lowest BCUT2D eigenvalue weighted by Crippen LogP contribution is -2.26. The molecule has 0 bridgehead atoms. The molecular weight excluding hydrogens is 298 g/mol. The second-order valence-electron chi connectivity index (χ2n) is 5.16. The summed E-state index contributed by atoms with van der Waals surface area (Å²) in [6.45, 7) is 3.68. The average molecular weight is 315 g/mol. The van der Waals surface area contributed by atoms with Gasteiger partial charge in [-0.1, -0.05) is 23.8 Å². The first-order valence-electron chi connectivity index (χ1n) is 6.84. The number of pyridine rings is 1.